The number of likely N-dealkylation sites (tertiary alicyclic amines) is 1. The Morgan fingerprint density at radius 3 is 2.62 bits per heavy atom. The molecule has 29 heavy (non-hydrogen) atoms. The zero-order valence-corrected chi connectivity index (χ0v) is 19.5. The number of thioether (sulfide) groups is 1. The lowest BCUT2D eigenvalue weighted by Crippen LogP contribution is -2.44. The number of thiazole rings is 1. The number of halogens is 2. The van der Waals surface area contributed by atoms with Crippen molar-refractivity contribution in [2.45, 2.75) is 43.6 Å². The third kappa shape index (κ3) is 6.43. The van der Waals surface area contributed by atoms with E-state index < -0.39 is 0 Å². The van der Waals surface area contributed by atoms with E-state index in [1.165, 1.54) is 30.0 Å². The van der Waals surface area contributed by atoms with Gasteiger partial charge in [0, 0.05) is 32.6 Å². The Hall–Kier alpha value is -1.12. The number of nitrogens with zero attached hydrogens (tertiary/aromatic N) is 2. The second-order valence-corrected chi connectivity index (χ2v) is 10.1. The zero-order valence-electron chi connectivity index (χ0n) is 16.3. The van der Waals surface area contributed by atoms with Gasteiger partial charge in [-0.05, 0) is 37.5 Å². The summed E-state index contributed by atoms with van der Waals surface area (Å²) in [5, 5.41) is 4.27. The number of rotatable bonds is 7. The van der Waals surface area contributed by atoms with Gasteiger partial charge in [-0.15, -0.1) is 11.3 Å². The first-order valence-electron chi connectivity index (χ1n) is 9.38. The third-order valence-corrected chi connectivity index (χ3v) is 7.91. The smallest absolute Gasteiger partial charge is 0.230 e. The Kier molecular flexibility index (Phi) is 7.99. The molecule has 9 heteroatoms. The number of aromatic nitrogens is 1. The summed E-state index contributed by atoms with van der Waals surface area (Å²) in [4.78, 5) is 31.2. The first-order chi connectivity index (χ1) is 13.8. The van der Waals surface area contributed by atoms with Crippen LogP contribution in [0.15, 0.2) is 22.5 Å². The van der Waals surface area contributed by atoms with Crippen LogP contribution in [0.1, 0.15) is 40.7 Å². The van der Waals surface area contributed by atoms with Crippen LogP contribution in [0.2, 0.25) is 10.0 Å². The number of carbonyl (C=O) groups is 2. The molecule has 0 spiro atoms. The molecule has 1 saturated heterocycles. The molecule has 0 aliphatic carbocycles. The number of carbonyl (C=O) groups excluding carboxylic acids is 2. The minimum absolute atomic E-state index is 0.00941. The molecular formula is C20H23Cl2N3O2S2. The maximum Gasteiger partial charge on any atom is 0.230 e. The molecule has 0 saturated carbocycles. The number of aryl methyl sites for hydroxylation is 1. The lowest BCUT2D eigenvalue weighted by atomic mass is 10.0. The van der Waals surface area contributed by atoms with Gasteiger partial charge in [0.15, 0.2) is 10.1 Å². The molecule has 1 aromatic carbocycles. The molecule has 156 valence electrons. The molecule has 1 N–H and O–H groups in total. The minimum Gasteiger partial charge on any atom is -0.353 e. The maximum absolute atomic E-state index is 12.3. The van der Waals surface area contributed by atoms with E-state index in [-0.39, 0.29) is 17.7 Å². The summed E-state index contributed by atoms with van der Waals surface area (Å²) in [7, 11) is 0. The van der Waals surface area contributed by atoms with E-state index in [0.717, 1.165) is 48.1 Å². The lowest BCUT2D eigenvalue weighted by molar-refractivity contribution is -0.119. The van der Waals surface area contributed by atoms with Gasteiger partial charge in [-0.25, -0.2) is 4.98 Å². The summed E-state index contributed by atoms with van der Waals surface area (Å²) in [6.07, 6.45) is 1.84. The molecule has 0 radical (unpaired) electrons. The number of nitrogens with one attached hydrogen (secondary N) is 1. The van der Waals surface area contributed by atoms with Crippen molar-refractivity contribution in [2.24, 2.45) is 0 Å². The molecule has 1 aromatic heterocycles. The van der Waals surface area contributed by atoms with E-state index in [1.807, 2.05) is 25.1 Å². The van der Waals surface area contributed by atoms with E-state index in [2.05, 4.69) is 15.2 Å². The number of benzene rings is 1. The number of hydrogen-bond donors (Lipinski definition) is 1. The number of ketones is 1. The van der Waals surface area contributed by atoms with Gasteiger partial charge in [-0.1, -0.05) is 41.0 Å². The highest BCUT2D eigenvalue weighted by molar-refractivity contribution is 8.01. The minimum atomic E-state index is 0.00941. The van der Waals surface area contributed by atoms with Crippen LogP contribution in [0.25, 0.3) is 0 Å². The molecule has 1 aliphatic heterocycles. The number of amides is 1. The van der Waals surface area contributed by atoms with Crippen molar-refractivity contribution in [2.75, 3.05) is 18.8 Å². The van der Waals surface area contributed by atoms with Crippen LogP contribution in [0.5, 0.6) is 0 Å². The Morgan fingerprint density at radius 2 is 2.00 bits per heavy atom. The van der Waals surface area contributed by atoms with Crippen molar-refractivity contribution in [1.29, 1.82) is 0 Å². The predicted octanol–water partition coefficient (Wildman–Crippen LogP) is 4.83. The van der Waals surface area contributed by atoms with E-state index in [0.29, 0.717) is 20.7 Å². The molecule has 1 fully saturated rings. The maximum atomic E-state index is 12.3. The molecule has 0 unspecified atom stereocenters. The van der Waals surface area contributed by atoms with Crippen LogP contribution in [0.4, 0.5) is 0 Å². The summed E-state index contributed by atoms with van der Waals surface area (Å²) in [5.74, 6) is 0.340. The average molecular weight is 472 g/mol. The van der Waals surface area contributed by atoms with Gasteiger partial charge in [0.1, 0.15) is 0 Å². The average Bonchev–Trinajstić information content (AvgIpc) is 3.06. The van der Waals surface area contributed by atoms with Gasteiger partial charge in [0.2, 0.25) is 5.91 Å². The van der Waals surface area contributed by atoms with Crippen molar-refractivity contribution in [3.8, 4) is 0 Å². The molecule has 5 nitrogen and oxygen atoms in total. The Bertz CT molecular complexity index is 896. The van der Waals surface area contributed by atoms with Crippen LogP contribution >= 0.6 is 46.3 Å². The summed E-state index contributed by atoms with van der Waals surface area (Å²) >= 11 is 14.8. The fraction of sp³-hybridized carbons (Fsp3) is 0.450. The summed E-state index contributed by atoms with van der Waals surface area (Å²) in [6, 6.07) is 5.93. The van der Waals surface area contributed by atoms with Gasteiger partial charge in [0.25, 0.3) is 0 Å². The highest BCUT2D eigenvalue weighted by atomic mass is 35.5. The van der Waals surface area contributed by atoms with Crippen molar-refractivity contribution in [3.63, 3.8) is 0 Å². The molecule has 3 rings (SSSR count). The van der Waals surface area contributed by atoms with E-state index in [1.54, 1.807) is 0 Å². The number of piperidine rings is 1. The number of Topliss-reactive ketones (excluding diaryl/α,β-unsaturated/α-hetero) is 1. The third-order valence-electron chi connectivity index (χ3n) is 4.77. The fourth-order valence-corrected chi connectivity index (χ4v) is 5.51. The van der Waals surface area contributed by atoms with Gasteiger partial charge in [-0.2, -0.15) is 0 Å². The van der Waals surface area contributed by atoms with Crippen molar-refractivity contribution < 1.29 is 9.59 Å². The van der Waals surface area contributed by atoms with Crippen LogP contribution in [0.3, 0.4) is 0 Å². The van der Waals surface area contributed by atoms with E-state index >= 15 is 0 Å². The normalized spacial score (nSPS) is 15.4. The topological polar surface area (TPSA) is 62.3 Å². The molecule has 0 bridgehead atoms. The summed E-state index contributed by atoms with van der Waals surface area (Å²) in [5.41, 5.74) is 1.88. The highest BCUT2D eigenvalue weighted by Crippen LogP contribution is 2.27. The Balaban J connectivity index is 1.40. The molecule has 2 aromatic rings. The lowest BCUT2D eigenvalue weighted by Gasteiger charge is -2.32. The second kappa shape index (κ2) is 10.3. The van der Waals surface area contributed by atoms with Crippen LogP contribution in [-0.2, 0) is 11.3 Å². The van der Waals surface area contributed by atoms with Crippen molar-refractivity contribution >= 4 is 58.0 Å². The van der Waals surface area contributed by atoms with Gasteiger partial charge >= 0.3 is 0 Å². The van der Waals surface area contributed by atoms with E-state index in [4.69, 9.17) is 23.2 Å². The highest BCUT2D eigenvalue weighted by Gasteiger charge is 2.21. The first kappa shape index (κ1) is 22.6. The summed E-state index contributed by atoms with van der Waals surface area (Å²) < 4.78 is 0.763. The quantitative estimate of drug-likeness (QED) is 0.462. The monoisotopic (exact) mass is 471 g/mol. The van der Waals surface area contributed by atoms with Gasteiger partial charge < -0.3 is 5.32 Å². The van der Waals surface area contributed by atoms with Crippen molar-refractivity contribution in [1.82, 2.24) is 15.2 Å². The molecule has 2 heterocycles. The zero-order chi connectivity index (χ0) is 21.0. The van der Waals surface area contributed by atoms with Crippen LogP contribution in [0, 0.1) is 6.92 Å². The predicted molar refractivity (Wildman–Crippen MR) is 120 cm³/mol. The molecule has 0 atom stereocenters. The first-order valence-corrected chi connectivity index (χ1v) is 11.9. The van der Waals surface area contributed by atoms with Crippen LogP contribution < -0.4 is 5.32 Å². The molecule has 1 aliphatic rings. The molecular weight excluding hydrogens is 449 g/mol. The standard InChI is InChI=1S/C20H23Cl2N3O2S2/c1-12-19(13(2)26)29-20(23-12)28-11-18(27)24-15-5-7-25(8-6-15)10-14-3-4-16(21)17(22)9-14/h3-4,9,15H,5-8,10-11H2,1-2H3,(H,24,27). The van der Waals surface area contributed by atoms with Crippen molar-refractivity contribution in [3.05, 3.63) is 44.4 Å². The van der Waals surface area contributed by atoms with Gasteiger partial charge in [0.05, 0.1) is 26.4 Å². The Labute approximate surface area is 189 Å². The Morgan fingerprint density at radius 1 is 1.28 bits per heavy atom. The molecule has 1 amide bonds. The second-order valence-electron chi connectivity index (χ2n) is 7.11. The fourth-order valence-electron chi connectivity index (χ4n) is 3.29. The van der Waals surface area contributed by atoms with E-state index in [9.17, 15) is 9.59 Å². The number of hydrogen-bond acceptors (Lipinski definition) is 6. The largest absolute Gasteiger partial charge is 0.353 e. The SMILES string of the molecule is CC(=O)c1sc(SCC(=O)NC2CCN(Cc3ccc(Cl)c(Cl)c3)CC2)nc1C. The summed E-state index contributed by atoms with van der Waals surface area (Å²) in [6.45, 7) is 6.03. The van der Waals surface area contributed by atoms with Gasteiger partial charge in [-0.3, -0.25) is 14.5 Å². The van der Waals surface area contributed by atoms with Crippen LogP contribution in [-0.4, -0.2) is 46.5 Å².